The molecule has 1 amide bonds. The first-order valence-corrected chi connectivity index (χ1v) is 10.2. The van der Waals surface area contributed by atoms with E-state index in [0.29, 0.717) is 15.8 Å². The maximum atomic E-state index is 13.3. The molecule has 0 aliphatic carbocycles. The average Bonchev–Trinajstić information content (AvgIpc) is 3.27. The summed E-state index contributed by atoms with van der Waals surface area (Å²) in [5, 5.41) is 5.88. The Kier molecular flexibility index (Phi) is 5.50. The first-order chi connectivity index (χ1) is 14.6. The highest BCUT2D eigenvalue weighted by molar-refractivity contribution is 8.18. The summed E-state index contributed by atoms with van der Waals surface area (Å²) >= 11 is 1.34. The number of carbonyl (C=O) groups excluding carboxylic acids is 1. The lowest BCUT2D eigenvalue weighted by Crippen LogP contribution is -2.27. The molecule has 0 unspecified atom stereocenters. The zero-order chi connectivity index (χ0) is 21.1. The number of amides is 1. The number of rotatable bonds is 5. The Balaban J connectivity index is 1.77. The smallest absolute Gasteiger partial charge is 0.268 e. The van der Waals surface area contributed by atoms with E-state index in [1.54, 1.807) is 23.1 Å². The summed E-state index contributed by atoms with van der Waals surface area (Å²) in [6, 6.07) is 15.6. The fourth-order valence-electron chi connectivity index (χ4n) is 3.17. The van der Waals surface area contributed by atoms with Crippen LogP contribution in [0.25, 0.3) is 17.0 Å². The first-order valence-electron chi connectivity index (χ1n) is 9.35. The second-order valence-corrected chi connectivity index (χ2v) is 7.61. The molecule has 2 heterocycles. The number of carbonyl (C=O) groups is 1. The number of aryl methyl sites for hydroxylation is 1. The molecule has 0 saturated carbocycles. The van der Waals surface area contributed by atoms with Gasteiger partial charge >= 0.3 is 0 Å². The van der Waals surface area contributed by atoms with Gasteiger partial charge in [-0.1, -0.05) is 43.5 Å². The van der Waals surface area contributed by atoms with Crippen LogP contribution in [-0.2, 0) is 11.8 Å². The number of hydrogen-bond acceptors (Lipinski definition) is 4. The topological polar surface area (TPSA) is 50.5 Å². The van der Waals surface area contributed by atoms with E-state index in [2.05, 4.69) is 18.3 Å². The van der Waals surface area contributed by atoms with Crippen molar-refractivity contribution in [3.8, 4) is 0 Å². The summed E-state index contributed by atoms with van der Waals surface area (Å²) in [5.74, 6) is -0.144. The van der Waals surface area contributed by atoms with Gasteiger partial charge in [0, 0.05) is 12.4 Å². The summed E-state index contributed by atoms with van der Waals surface area (Å²) in [4.78, 5) is 20.1. The minimum Gasteiger partial charge on any atom is -0.268 e. The van der Waals surface area contributed by atoms with E-state index in [1.165, 1.54) is 11.8 Å². The van der Waals surface area contributed by atoms with E-state index in [-0.39, 0.29) is 5.91 Å². The average molecular weight is 413 g/mol. The third kappa shape index (κ3) is 3.77. The number of hydrogen-bond donors (Lipinski definition) is 0. The Morgan fingerprint density at radius 2 is 1.97 bits per heavy atom. The largest absolute Gasteiger partial charge is 0.271 e. The van der Waals surface area contributed by atoms with Gasteiger partial charge in [-0.3, -0.25) is 14.4 Å². The van der Waals surface area contributed by atoms with Crippen LogP contribution in [0.15, 0.2) is 102 Å². The fourth-order valence-corrected chi connectivity index (χ4v) is 4.17. The second-order valence-electron chi connectivity index (χ2n) is 6.60. The van der Waals surface area contributed by atoms with Crippen LogP contribution in [0.5, 0.6) is 0 Å². The highest BCUT2D eigenvalue weighted by Gasteiger charge is 2.35. The van der Waals surface area contributed by atoms with Crippen LogP contribution in [0.2, 0.25) is 0 Å². The third-order valence-corrected chi connectivity index (χ3v) is 5.58. The predicted molar refractivity (Wildman–Crippen MR) is 125 cm³/mol. The van der Waals surface area contributed by atoms with Crippen LogP contribution in [0.4, 0.5) is 5.69 Å². The van der Waals surface area contributed by atoms with Crippen molar-refractivity contribution in [3.63, 3.8) is 0 Å². The van der Waals surface area contributed by atoms with Crippen LogP contribution in [0.3, 0.4) is 0 Å². The Hall–Kier alpha value is -3.64. The zero-order valence-electron chi connectivity index (χ0n) is 16.5. The first kappa shape index (κ1) is 19.7. The quantitative estimate of drug-likeness (QED) is 0.415. The van der Waals surface area contributed by atoms with Crippen molar-refractivity contribution in [3.05, 3.63) is 102 Å². The molecule has 1 aliphatic heterocycles. The lowest BCUT2D eigenvalue weighted by Gasteiger charge is -2.16. The van der Waals surface area contributed by atoms with Crippen molar-refractivity contribution in [2.45, 2.75) is 0 Å². The maximum Gasteiger partial charge on any atom is 0.271 e. The fraction of sp³-hybridized carbons (Fsp3) is 0.0417. The molecule has 2 aromatic carbocycles. The molecular formula is C24H20N4OS. The lowest BCUT2D eigenvalue weighted by molar-refractivity contribution is -0.120. The number of fused-ring (bicyclic) bond motifs is 1. The number of nitrogens with zero attached hydrogens (tertiary/aromatic N) is 4. The van der Waals surface area contributed by atoms with Crippen LogP contribution in [-0.4, -0.2) is 25.8 Å². The van der Waals surface area contributed by atoms with Crippen molar-refractivity contribution in [1.82, 2.24) is 14.7 Å². The molecule has 6 heteroatoms. The van der Waals surface area contributed by atoms with E-state index in [4.69, 9.17) is 4.99 Å². The number of aromatic nitrogens is 2. The molecule has 30 heavy (non-hydrogen) atoms. The minimum atomic E-state index is -0.144. The van der Waals surface area contributed by atoms with E-state index in [9.17, 15) is 4.79 Å². The van der Waals surface area contributed by atoms with Gasteiger partial charge in [0.05, 0.1) is 28.0 Å². The van der Waals surface area contributed by atoms with Crippen LogP contribution in [0, 0.1) is 0 Å². The highest BCUT2D eigenvalue weighted by Crippen LogP contribution is 2.37. The molecular weight excluding hydrogens is 392 g/mol. The Morgan fingerprint density at radius 3 is 2.70 bits per heavy atom. The Morgan fingerprint density at radius 1 is 1.17 bits per heavy atom. The minimum absolute atomic E-state index is 0.144. The highest BCUT2D eigenvalue weighted by atomic mass is 32.2. The maximum absolute atomic E-state index is 13.3. The van der Waals surface area contributed by atoms with Gasteiger partial charge in [0.1, 0.15) is 0 Å². The van der Waals surface area contributed by atoms with Gasteiger partial charge < -0.3 is 0 Å². The summed E-state index contributed by atoms with van der Waals surface area (Å²) < 4.78 is 1.82. The van der Waals surface area contributed by atoms with Crippen LogP contribution < -0.4 is 0 Å². The van der Waals surface area contributed by atoms with Gasteiger partial charge in [0.25, 0.3) is 5.91 Å². The van der Waals surface area contributed by atoms with Gasteiger partial charge in [0.2, 0.25) is 0 Å². The van der Waals surface area contributed by atoms with Gasteiger partial charge in [0.15, 0.2) is 5.17 Å². The molecule has 5 nitrogen and oxygen atoms in total. The summed E-state index contributed by atoms with van der Waals surface area (Å²) in [6.45, 7) is 7.58. The van der Waals surface area contributed by atoms with Gasteiger partial charge in [-0.25, -0.2) is 4.99 Å². The van der Waals surface area contributed by atoms with Crippen molar-refractivity contribution >= 4 is 45.5 Å². The monoisotopic (exact) mass is 412 g/mol. The van der Waals surface area contributed by atoms with E-state index in [0.717, 1.165) is 22.2 Å². The number of allylic oxidation sites excluding steroid dienone is 3. The number of benzene rings is 2. The van der Waals surface area contributed by atoms with Crippen LogP contribution in [0.1, 0.15) is 5.56 Å². The molecule has 3 aromatic rings. The van der Waals surface area contributed by atoms with E-state index < -0.39 is 0 Å². The van der Waals surface area contributed by atoms with E-state index in [1.807, 2.05) is 72.5 Å². The van der Waals surface area contributed by atoms with Crippen molar-refractivity contribution in [1.29, 1.82) is 0 Å². The normalized spacial score (nSPS) is 17.3. The molecule has 4 rings (SSSR count). The standard InChI is InChI=1S/C24H20N4OS/c1-4-9-20(5-2)28-23(29)22(30-24(28)26-19-10-7-6-8-11-19)15-17-12-13-21-18(14-17)16-25-27(21)3/h4-16H,1-2H2,3H3/b20-9+,22-15-,26-24-. The lowest BCUT2D eigenvalue weighted by atomic mass is 10.1. The Bertz CT molecular complexity index is 1230. The van der Waals surface area contributed by atoms with E-state index >= 15 is 0 Å². The third-order valence-electron chi connectivity index (χ3n) is 4.61. The molecule has 1 saturated heterocycles. The summed E-state index contributed by atoms with van der Waals surface area (Å²) in [5.41, 5.74) is 3.37. The van der Waals surface area contributed by atoms with Gasteiger partial charge in [-0.15, -0.1) is 0 Å². The van der Waals surface area contributed by atoms with Crippen LogP contribution >= 0.6 is 11.8 Å². The number of para-hydroxylation sites is 1. The predicted octanol–water partition coefficient (Wildman–Crippen LogP) is 5.43. The number of amidine groups is 1. The zero-order valence-corrected chi connectivity index (χ0v) is 17.3. The molecule has 0 atom stereocenters. The van der Waals surface area contributed by atoms with Crippen molar-refractivity contribution in [2.75, 3.05) is 0 Å². The molecule has 0 spiro atoms. The van der Waals surface area contributed by atoms with Gasteiger partial charge in [-0.2, -0.15) is 5.10 Å². The second kappa shape index (κ2) is 8.39. The van der Waals surface area contributed by atoms with Gasteiger partial charge in [-0.05, 0) is 59.8 Å². The Labute approximate surface area is 179 Å². The summed E-state index contributed by atoms with van der Waals surface area (Å²) in [7, 11) is 1.91. The molecule has 1 aromatic heterocycles. The number of aliphatic imine (C=N–C) groups is 1. The molecule has 1 aliphatic rings. The van der Waals surface area contributed by atoms with Crippen molar-refractivity contribution < 1.29 is 4.79 Å². The molecule has 1 fully saturated rings. The summed E-state index contributed by atoms with van der Waals surface area (Å²) in [6.07, 6.45) is 8.71. The molecule has 148 valence electrons. The molecule has 0 N–H and O–H groups in total. The number of thioether (sulfide) groups is 1. The van der Waals surface area contributed by atoms with Crippen molar-refractivity contribution in [2.24, 2.45) is 12.0 Å². The molecule has 0 radical (unpaired) electrons. The molecule has 0 bridgehead atoms. The SMILES string of the molecule is C=C/C=C(\C=C)N1C(=O)/C(=C/c2ccc3c(cnn3C)c2)S/C1=N\c1ccccc1.